The van der Waals surface area contributed by atoms with Crippen molar-refractivity contribution in [3.63, 3.8) is 0 Å². The third kappa shape index (κ3) is 4.41. The van der Waals surface area contributed by atoms with Gasteiger partial charge >= 0.3 is 0 Å². The van der Waals surface area contributed by atoms with Gasteiger partial charge in [-0.2, -0.15) is 5.10 Å². The zero-order valence-electron chi connectivity index (χ0n) is 16.5. The van der Waals surface area contributed by atoms with Gasteiger partial charge in [0.1, 0.15) is 0 Å². The van der Waals surface area contributed by atoms with Crippen LogP contribution in [0.3, 0.4) is 0 Å². The van der Waals surface area contributed by atoms with Crippen molar-refractivity contribution >= 4 is 45.7 Å². The van der Waals surface area contributed by atoms with Gasteiger partial charge in [-0.15, -0.1) is 0 Å². The number of nitrogens with zero attached hydrogens (tertiary/aromatic N) is 3. The second kappa shape index (κ2) is 8.38. The van der Waals surface area contributed by atoms with E-state index in [1.165, 1.54) is 10.8 Å². The molecular formula is C25H22ClN3. The van der Waals surface area contributed by atoms with Crippen molar-refractivity contribution in [2.75, 3.05) is 24.0 Å². The normalized spacial score (nSPS) is 11.1. The average molecular weight is 400 g/mol. The topological polar surface area (TPSA) is 18.8 Å². The van der Waals surface area contributed by atoms with Crippen molar-refractivity contribution in [1.82, 2.24) is 0 Å². The summed E-state index contributed by atoms with van der Waals surface area (Å²) in [4.78, 5) is 2.08. The van der Waals surface area contributed by atoms with Gasteiger partial charge in [0.25, 0.3) is 0 Å². The number of rotatable bonds is 5. The number of hydrogen-bond donors (Lipinski definition) is 0. The van der Waals surface area contributed by atoms with Gasteiger partial charge in [0.2, 0.25) is 0 Å². The second-order valence-corrected chi connectivity index (χ2v) is 7.49. The zero-order chi connectivity index (χ0) is 20.2. The Morgan fingerprint density at radius 3 is 2.00 bits per heavy atom. The van der Waals surface area contributed by atoms with E-state index >= 15 is 0 Å². The number of hydrogen-bond acceptors (Lipinski definition) is 3. The SMILES string of the molecule is CN(C)c1ccc(C=NN(c2ccc(Cl)cc2)c2ccc3ccccc3c2)cc1. The van der Waals surface area contributed by atoms with Crippen molar-refractivity contribution in [2.24, 2.45) is 5.10 Å². The smallest absolute Gasteiger partial charge is 0.0659 e. The highest BCUT2D eigenvalue weighted by atomic mass is 35.5. The van der Waals surface area contributed by atoms with Crippen LogP contribution < -0.4 is 9.91 Å². The molecule has 29 heavy (non-hydrogen) atoms. The van der Waals surface area contributed by atoms with Crippen LogP contribution in [0.4, 0.5) is 17.1 Å². The molecule has 0 aliphatic carbocycles. The molecule has 0 amide bonds. The predicted octanol–water partition coefficient (Wildman–Crippen LogP) is 6.73. The highest BCUT2D eigenvalue weighted by molar-refractivity contribution is 6.30. The summed E-state index contributed by atoms with van der Waals surface area (Å²) in [7, 11) is 4.07. The van der Waals surface area contributed by atoms with Gasteiger partial charge in [-0.1, -0.05) is 54.1 Å². The molecule has 0 radical (unpaired) electrons. The number of halogens is 1. The van der Waals surface area contributed by atoms with Crippen molar-refractivity contribution < 1.29 is 0 Å². The van der Waals surface area contributed by atoms with E-state index in [1.54, 1.807) is 0 Å². The molecule has 0 aromatic heterocycles. The van der Waals surface area contributed by atoms with Crippen LogP contribution >= 0.6 is 11.6 Å². The van der Waals surface area contributed by atoms with Gasteiger partial charge < -0.3 is 4.90 Å². The van der Waals surface area contributed by atoms with E-state index in [-0.39, 0.29) is 0 Å². The number of benzene rings is 4. The van der Waals surface area contributed by atoms with Crippen LogP contribution in [0.15, 0.2) is 96.1 Å². The lowest BCUT2D eigenvalue weighted by Crippen LogP contribution is -2.10. The molecule has 0 aliphatic heterocycles. The molecule has 4 aromatic rings. The number of anilines is 3. The molecule has 0 unspecified atom stereocenters. The first kappa shape index (κ1) is 19.0. The van der Waals surface area contributed by atoms with Gasteiger partial charge in [0, 0.05) is 24.8 Å². The summed E-state index contributed by atoms with van der Waals surface area (Å²) in [6.07, 6.45) is 1.88. The maximum absolute atomic E-state index is 6.09. The van der Waals surface area contributed by atoms with Crippen molar-refractivity contribution in [3.05, 3.63) is 102 Å². The van der Waals surface area contributed by atoms with Crippen LogP contribution in [0.25, 0.3) is 10.8 Å². The van der Waals surface area contributed by atoms with Crippen LogP contribution in [-0.4, -0.2) is 20.3 Å². The minimum atomic E-state index is 0.704. The minimum Gasteiger partial charge on any atom is -0.378 e. The maximum Gasteiger partial charge on any atom is 0.0659 e. The van der Waals surface area contributed by atoms with Gasteiger partial charge in [-0.05, 0) is 64.9 Å². The fourth-order valence-corrected chi connectivity index (χ4v) is 3.28. The minimum absolute atomic E-state index is 0.704. The Morgan fingerprint density at radius 2 is 1.31 bits per heavy atom. The van der Waals surface area contributed by atoms with Gasteiger partial charge in [-0.3, -0.25) is 0 Å². The molecule has 0 fully saturated rings. The van der Waals surface area contributed by atoms with Crippen LogP contribution in [0, 0.1) is 0 Å². The molecule has 0 N–H and O–H groups in total. The molecule has 0 heterocycles. The second-order valence-electron chi connectivity index (χ2n) is 7.05. The molecule has 0 saturated heterocycles. The molecule has 0 aliphatic rings. The van der Waals surface area contributed by atoms with E-state index in [1.807, 2.05) is 55.7 Å². The lowest BCUT2D eigenvalue weighted by Gasteiger charge is -2.20. The average Bonchev–Trinajstić information content (AvgIpc) is 2.75. The summed E-state index contributed by atoms with van der Waals surface area (Å²) in [6, 6.07) is 30.7. The molecular weight excluding hydrogens is 378 g/mol. The molecule has 4 aromatic carbocycles. The molecule has 0 atom stereocenters. The fraction of sp³-hybridized carbons (Fsp3) is 0.0800. The quantitative estimate of drug-likeness (QED) is 0.273. The summed E-state index contributed by atoms with van der Waals surface area (Å²) in [5.41, 5.74) is 4.14. The van der Waals surface area contributed by atoms with E-state index in [9.17, 15) is 0 Å². The third-order valence-corrected chi connectivity index (χ3v) is 5.03. The standard InChI is InChI=1S/C25H22ClN3/c1-28(2)23-12-7-19(8-13-23)18-27-29(24-15-10-22(26)11-16-24)25-14-9-20-5-3-4-6-21(20)17-25/h3-18H,1-2H3. The lowest BCUT2D eigenvalue weighted by atomic mass is 10.1. The first-order chi connectivity index (χ1) is 14.1. The van der Waals surface area contributed by atoms with Gasteiger partial charge in [-0.25, -0.2) is 5.01 Å². The molecule has 0 saturated carbocycles. The molecule has 0 spiro atoms. The maximum atomic E-state index is 6.09. The van der Waals surface area contributed by atoms with Crippen LogP contribution in [0.5, 0.6) is 0 Å². The van der Waals surface area contributed by atoms with Gasteiger partial charge in [0.05, 0.1) is 17.6 Å². The molecule has 4 rings (SSSR count). The molecule has 4 heteroatoms. The number of hydrazone groups is 1. The third-order valence-electron chi connectivity index (χ3n) is 4.78. The Balaban J connectivity index is 1.72. The molecule has 3 nitrogen and oxygen atoms in total. The Hall–Kier alpha value is -3.30. The van der Waals surface area contributed by atoms with E-state index in [0.717, 1.165) is 22.6 Å². The van der Waals surface area contributed by atoms with E-state index in [2.05, 4.69) is 65.6 Å². The van der Waals surface area contributed by atoms with E-state index in [4.69, 9.17) is 16.7 Å². The van der Waals surface area contributed by atoms with Crippen molar-refractivity contribution in [1.29, 1.82) is 0 Å². The largest absolute Gasteiger partial charge is 0.378 e. The van der Waals surface area contributed by atoms with E-state index in [0.29, 0.717) is 5.02 Å². The summed E-state index contributed by atoms with van der Waals surface area (Å²) >= 11 is 6.09. The molecule has 0 bridgehead atoms. The Labute approximate surface area is 176 Å². The highest BCUT2D eigenvalue weighted by Gasteiger charge is 2.09. The lowest BCUT2D eigenvalue weighted by molar-refractivity contribution is 1.09. The Morgan fingerprint density at radius 1 is 0.690 bits per heavy atom. The Bertz CT molecular complexity index is 1130. The van der Waals surface area contributed by atoms with Crippen LogP contribution in [0.2, 0.25) is 5.02 Å². The highest BCUT2D eigenvalue weighted by Crippen LogP contribution is 2.30. The molecule has 144 valence electrons. The summed E-state index contributed by atoms with van der Waals surface area (Å²) < 4.78 is 0. The summed E-state index contributed by atoms with van der Waals surface area (Å²) in [5, 5.41) is 9.81. The van der Waals surface area contributed by atoms with Crippen LogP contribution in [0.1, 0.15) is 5.56 Å². The van der Waals surface area contributed by atoms with Crippen LogP contribution in [-0.2, 0) is 0 Å². The summed E-state index contributed by atoms with van der Waals surface area (Å²) in [6.45, 7) is 0. The zero-order valence-corrected chi connectivity index (χ0v) is 17.2. The number of fused-ring (bicyclic) bond motifs is 1. The Kier molecular flexibility index (Phi) is 5.50. The van der Waals surface area contributed by atoms with Crippen molar-refractivity contribution in [3.8, 4) is 0 Å². The van der Waals surface area contributed by atoms with Gasteiger partial charge in [0.15, 0.2) is 0 Å². The monoisotopic (exact) mass is 399 g/mol. The fourth-order valence-electron chi connectivity index (χ4n) is 3.16. The first-order valence-corrected chi connectivity index (χ1v) is 9.84. The first-order valence-electron chi connectivity index (χ1n) is 9.46. The van der Waals surface area contributed by atoms with E-state index < -0.39 is 0 Å². The summed E-state index contributed by atoms with van der Waals surface area (Å²) in [5.74, 6) is 0. The van der Waals surface area contributed by atoms with Crippen molar-refractivity contribution in [2.45, 2.75) is 0 Å². The predicted molar refractivity (Wildman–Crippen MR) is 126 cm³/mol.